The molecule has 0 atom stereocenters. The SMILES string of the molecule is Cc1cc(SCC(=O)N2CCCC2)nc(=O)[nH]1. The highest BCUT2D eigenvalue weighted by Crippen LogP contribution is 2.16. The van der Waals surface area contributed by atoms with E-state index in [9.17, 15) is 9.59 Å². The number of aryl methyl sites for hydroxylation is 1. The maximum Gasteiger partial charge on any atom is 0.346 e. The maximum atomic E-state index is 11.8. The molecular formula is C11H15N3O2S. The lowest BCUT2D eigenvalue weighted by Crippen LogP contribution is -2.29. The van der Waals surface area contributed by atoms with Crippen LogP contribution in [0.5, 0.6) is 0 Å². The third kappa shape index (κ3) is 3.33. The summed E-state index contributed by atoms with van der Waals surface area (Å²) in [6.45, 7) is 3.53. The molecule has 1 aromatic heterocycles. The van der Waals surface area contributed by atoms with Crippen LogP contribution in [-0.4, -0.2) is 39.6 Å². The Labute approximate surface area is 104 Å². The molecule has 17 heavy (non-hydrogen) atoms. The van der Waals surface area contributed by atoms with Crippen molar-refractivity contribution in [3.63, 3.8) is 0 Å². The van der Waals surface area contributed by atoms with Gasteiger partial charge in [-0.1, -0.05) is 11.8 Å². The summed E-state index contributed by atoms with van der Waals surface area (Å²) < 4.78 is 0. The van der Waals surface area contributed by atoms with Gasteiger partial charge in [-0.3, -0.25) is 4.79 Å². The number of carbonyl (C=O) groups excluding carboxylic acids is 1. The molecule has 1 N–H and O–H groups in total. The Kier molecular flexibility index (Phi) is 3.83. The minimum Gasteiger partial charge on any atom is -0.342 e. The Morgan fingerprint density at radius 1 is 1.53 bits per heavy atom. The monoisotopic (exact) mass is 253 g/mol. The van der Waals surface area contributed by atoms with Gasteiger partial charge in [0.05, 0.1) is 5.75 Å². The van der Waals surface area contributed by atoms with E-state index in [1.165, 1.54) is 11.8 Å². The van der Waals surface area contributed by atoms with Crippen LogP contribution in [0.1, 0.15) is 18.5 Å². The van der Waals surface area contributed by atoms with E-state index in [0.717, 1.165) is 31.6 Å². The van der Waals surface area contributed by atoms with Gasteiger partial charge in [0.15, 0.2) is 0 Å². The van der Waals surface area contributed by atoms with Gasteiger partial charge in [0, 0.05) is 18.8 Å². The Hall–Kier alpha value is -1.30. The molecule has 0 unspecified atom stereocenters. The third-order valence-corrected chi connectivity index (χ3v) is 3.55. The van der Waals surface area contributed by atoms with Gasteiger partial charge in [0.1, 0.15) is 5.03 Å². The highest BCUT2D eigenvalue weighted by Gasteiger charge is 2.17. The van der Waals surface area contributed by atoms with Crippen molar-refractivity contribution in [3.8, 4) is 0 Å². The van der Waals surface area contributed by atoms with Crippen LogP contribution in [0.15, 0.2) is 15.9 Å². The van der Waals surface area contributed by atoms with Crippen LogP contribution in [0.3, 0.4) is 0 Å². The summed E-state index contributed by atoms with van der Waals surface area (Å²) in [6.07, 6.45) is 2.19. The molecule has 0 radical (unpaired) electrons. The van der Waals surface area contributed by atoms with E-state index in [2.05, 4.69) is 9.97 Å². The summed E-state index contributed by atoms with van der Waals surface area (Å²) in [6, 6.07) is 1.78. The number of thioether (sulfide) groups is 1. The van der Waals surface area contributed by atoms with Crippen molar-refractivity contribution in [2.24, 2.45) is 0 Å². The number of carbonyl (C=O) groups is 1. The largest absolute Gasteiger partial charge is 0.346 e. The fourth-order valence-corrected chi connectivity index (χ4v) is 2.68. The van der Waals surface area contributed by atoms with Crippen LogP contribution in [0.4, 0.5) is 0 Å². The summed E-state index contributed by atoms with van der Waals surface area (Å²) >= 11 is 1.32. The highest BCUT2D eigenvalue weighted by molar-refractivity contribution is 7.99. The van der Waals surface area contributed by atoms with Crippen LogP contribution >= 0.6 is 11.8 Å². The summed E-state index contributed by atoms with van der Waals surface area (Å²) in [7, 11) is 0. The van der Waals surface area contributed by atoms with Crippen LogP contribution in [0.25, 0.3) is 0 Å². The number of aromatic amines is 1. The standard InChI is InChI=1S/C11H15N3O2S/c1-8-6-9(13-11(16)12-8)17-7-10(15)14-4-2-3-5-14/h6H,2-5,7H2,1H3,(H,12,13,16). The molecule has 1 aromatic rings. The molecule has 1 aliphatic heterocycles. The molecule has 1 fully saturated rings. The van der Waals surface area contributed by atoms with Gasteiger partial charge in [-0.05, 0) is 25.8 Å². The van der Waals surface area contributed by atoms with E-state index in [1.807, 2.05) is 4.90 Å². The molecule has 5 nitrogen and oxygen atoms in total. The van der Waals surface area contributed by atoms with Crippen molar-refractivity contribution < 1.29 is 4.79 Å². The van der Waals surface area contributed by atoms with Gasteiger partial charge in [0.25, 0.3) is 0 Å². The van der Waals surface area contributed by atoms with Gasteiger partial charge >= 0.3 is 5.69 Å². The van der Waals surface area contributed by atoms with E-state index < -0.39 is 0 Å². The number of nitrogens with zero attached hydrogens (tertiary/aromatic N) is 2. The van der Waals surface area contributed by atoms with Crippen LogP contribution in [0, 0.1) is 6.92 Å². The zero-order valence-corrected chi connectivity index (χ0v) is 10.5. The molecular weight excluding hydrogens is 238 g/mol. The second kappa shape index (κ2) is 5.35. The Morgan fingerprint density at radius 2 is 2.24 bits per heavy atom. The molecule has 2 rings (SSSR count). The van der Waals surface area contributed by atoms with E-state index >= 15 is 0 Å². The lowest BCUT2D eigenvalue weighted by molar-refractivity contribution is -0.127. The van der Waals surface area contributed by atoms with Gasteiger partial charge < -0.3 is 9.88 Å². The van der Waals surface area contributed by atoms with Crippen molar-refractivity contribution >= 4 is 17.7 Å². The second-order valence-corrected chi connectivity index (χ2v) is 5.08. The predicted octanol–water partition coefficient (Wildman–Crippen LogP) is 0.793. The number of likely N-dealkylation sites (tertiary alicyclic amines) is 1. The first-order chi connectivity index (χ1) is 8.15. The maximum absolute atomic E-state index is 11.8. The quantitative estimate of drug-likeness (QED) is 0.639. The van der Waals surface area contributed by atoms with E-state index in [4.69, 9.17) is 0 Å². The van der Waals surface area contributed by atoms with Crippen LogP contribution < -0.4 is 5.69 Å². The van der Waals surface area contributed by atoms with Gasteiger partial charge in [-0.15, -0.1) is 0 Å². The van der Waals surface area contributed by atoms with Crippen LogP contribution in [-0.2, 0) is 4.79 Å². The first-order valence-electron chi connectivity index (χ1n) is 5.64. The van der Waals surface area contributed by atoms with Gasteiger partial charge in [0.2, 0.25) is 5.91 Å². The van der Waals surface area contributed by atoms with E-state index in [-0.39, 0.29) is 11.6 Å². The Balaban J connectivity index is 1.92. The molecule has 1 amide bonds. The molecule has 0 bridgehead atoms. The fraction of sp³-hybridized carbons (Fsp3) is 0.545. The predicted molar refractivity (Wildman–Crippen MR) is 66.1 cm³/mol. The summed E-state index contributed by atoms with van der Waals surface area (Å²) in [5.41, 5.74) is 0.405. The van der Waals surface area contributed by atoms with E-state index in [1.54, 1.807) is 13.0 Å². The highest BCUT2D eigenvalue weighted by atomic mass is 32.2. The first-order valence-corrected chi connectivity index (χ1v) is 6.62. The number of hydrogen-bond acceptors (Lipinski definition) is 4. The smallest absolute Gasteiger partial charge is 0.342 e. The Bertz CT molecular complexity index is 466. The number of amides is 1. The minimum absolute atomic E-state index is 0.132. The molecule has 1 aliphatic rings. The zero-order valence-electron chi connectivity index (χ0n) is 9.73. The van der Waals surface area contributed by atoms with Crippen molar-refractivity contribution in [2.45, 2.75) is 24.8 Å². The molecule has 6 heteroatoms. The molecule has 2 heterocycles. The topological polar surface area (TPSA) is 66.1 Å². The molecule has 1 saturated heterocycles. The van der Waals surface area contributed by atoms with Crippen molar-refractivity contribution in [3.05, 3.63) is 22.2 Å². The normalized spacial score (nSPS) is 15.2. The number of aromatic nitrogens is 2. The zero-order chi connectivity index (χ0) is 12.3. The lowest BCUT2D eigenvalue weighted by atomic mass is 10.4. The summed E-state index contributed by atoms with van der Waals surface area (Å²) in [5.74, 6) is 0.489. The number of H-pyrrole nitrogens is 1. The Morgan fingerprint density at radius 3 is 2.88 bits per heavy atom. The average Bonchev–Trinajstić information content (AvgIpc) is 2.78. The number of nitrogens with one attached hydrogen (secondary N) is 1. The molecule has 92 valence electrons. The molecule has 0 spiro atoms. The number of rotatable bonds is 3. The molecule has 0 aliphatic carbocycles. The summed E-state index contributed by atoms with van der Waals surface area (Å²) in [4.78, 5) is 31.2. The van der Waals surface area contributed by atoms with Crippen LogP contribution in [0.2, 0.25) is 0 Å². The molecule has 0 saturated carbocycles. The number of hydrogen-bond donors (Lipinski definition) is 1. The van der Waals surface area contributed by atoms with E-state index in [0.29, 0.717) is 10.8 Å². The lowest BCUT2D eigenvalue weighted by Gasteiger charge is -2.14. The first kappa shape index (κ1) is 12.2. The fourth-order valence-electron chi connectivity index (χ4n) is 1.82. The van der Waals surface area contributed by atoms with Crippen molar-refractivity contribution in [1.29, 1.82) is 0 Å². The molecule has 0 aromatic carbocycles. The third-order valence-electron chi connectivity index (χ3n) is 2.66. The summed E-state index contributed by atoms with van der Waals surface area (Å²) in [5, 5.41) is 0.610. The average molecular weight is 253 g/mol. The van der Waals surface area contributed by atoms with Gasteiger partial charge in [-0.2, -0.15) is 4.98 Å². The van der Waals surface area contributed by atoms with Crippen molar-refractivity contribution in [1.82, 2.24) is 14.9 Å². The van der Waals surface area contributed by atoms with Crippen molar-refractivity contribution in [2.75, 3.05) is 18.8 Å². The second-order valence-electron chi connectivity index (χ2n) is 4.08. The van der Waals surface area contributed by atoms with Gasteiger partial charge in [-0.25, -0.2) is 4.79 Å². The minimum atomic E-state index is -0.360.